The van der Waals surface area contributed by atoms with Crippen LogP contribution in [0.5, 0.6) is 0 Å². The highest BCUT2D eigenvalue weighted by Crippen LogP contribution is 2.29. The van der Waals surface area contributed by atoms with E-state index < -0.39 is 5.97 Å². The van der Waals surface area contributed by atoms with E-state index >= 15 is 0 Å². The first kappa shape index (κ1) is 13.5. The second kappa shape index (κ2) is 5.52. The van der Waals surface area contributed by atoms with E-state index in [2.05, 4.69) is 4.98 Å². The first-order valence-corrected chi connectivity index (χ1v) is 7.02. The minimum atomic E-state index is -0.391. The van der Waals surface area contributed by atoms with Crippen LogP contribution in [0.3, 0.4) is 0 Å². The highest BCUT2D eigenvalue weighted by molar-refractivity contribution is 6.03. The fourth-order valence-corrected chi connectivity index (χ4v) is 2.71. The molecule has 3 rings (SSSR count). The largest absolute Gasteiger partial charge is 0.462 e. The molecule has 1 unspecified atom stereocenters. The van der Waals surface area contributed by atoms with Gasteiger partial charge >= 0.3 is 5.97 Å². The Kier molecular flexibility index (Phi) is 3.56. The maximum Gasteiger partial charge on any atom is 0.338 e. The summed E-state index contributed by atoms with van der Waals surface area (Å²) in [5, 5.41) is 0. The summed E-state index contributed by atoms with van der Waals surface area (Å²) in [6, 6.07) is 4.99. The third kappa shape index (κ3) is 2.46. The number of Topliss-reactive ketones (excluding diaryl/α,β-unsaturated/α-hetero) is 1. The number of benzene rings is 1. The average molecular weight is 284 g/mol. The predicted molar refractivity (Wildman–Crippen MR) is 76.3 cm³/mol. The Morgan fingerprint density at radius 2 is 2.33 bits per heavy atom. The van der Waals surface area contributed by atoms with Crippen molar-refractivity contribution in [3.05, 3.63) is 53.6 Å². The zero-order valence-corrected chi connectivity index (χ0v) is 11.8. The van der Waals surface area contributed by atoms with Gasteiger partial charge in [-0.15, -0.1) is 0 Å². The molecule has 0 fully saturated rings. The maximum atomic E-state index is 12.6. The minimum Gasteiger partial charge on any atom is -0.462 e. The number of ketones is 1. The fraction of sp³-hybridized carbons (Fsp3) is 0.312. The van der Waals surface area contributed by atoms with Crippen LogP contribution in [-0.4, -0.2) is 27.9 Å². The van der Waals surface area contributed by atoms with E-state index in [0.717, 1.165) is 18.4 Å². The lowest BCUT2D eigenvalue weighted by Crippen LogP contribution is -2.25. The summed E-state index contributed by atoms with van der Waals surface area (Å²) >= 11 is 0. The van der Waals surface area contributed by atoms with Crippen LogP contribution in [0.1, 0.15) is 45.7 Å². The smallest absolute Gasteiger partial charge is 0.338 e. The highest BCUT2D eigenvalue weighted by atomic mass is 16.5. The molecule has 0 aliphatic heterocycles. The van der Waals surface area contributed by atoms with E-state index in [1.54, 1.807) is 37.8 Å². The van der Waals surface area contributed by atoms with E-state index in [4.69, 9.17) is 4.74 Å². The molecule has 0 radical (unpaired) electrons. The molecule has 1 aliphatic carbocycles. The number of carbonyl (C=O) groups is 2. The van der Waals surface area contributed by atoms with Crippen LogP contribution in [-0.2, 0) is 11.2 Å². The summed E-state index contributed by atoms with van der Waals surface area (Å²) in [6.07, 6.45) is 6.68. The van der Waals surface area contributed by atoms with Crippen LogP contribution in [0.25, 0.3) is 0 Å². The fourth-order valence-electron chi connectivity index (χ4n) is 2.71. The van der Waals surface area contributed by atoms with Gasteiger partial charge < -0.3 is 9.30 Å². The third-order valence-electron chi connectivity index (χ3n) is 3.76. The Hall–Kier alpha value is -2.43. The summed E-state index contributed by atoms with van der Waals surface area (Å²) in [6.45, 7) is 2.08. The van der Waals surface area contributed by atoms with E-state index in [9.17, 15) is 9.59 Å². The van der Waals surface area contributed by atoms with Gasteiger partial charge in [-0.2, -0.15) is 0 Å². The van der Waals surface area contributed by atoms with Crippen molar-refractivity contribution in [3.8, 4) is 0 Å². The summed E-state index contributed by atoms with van der Waals surface area (Å²) in [5.74, 6) is -0.363. The van der Waals surface area contributed by atoms with E-state index in [-0.39, 0.29) is 11.8 Å². The van der Waals surface area contributed by atoms with Gasteiger partial charge in [0.2, 0.25) is 0 Å². The number of ether oxygens (including phenoxy) is 1. The summed E-state index contributed by atoms with van der Waals surface area (Å²) in [5.41, 5.74) is 2.03. The van der Waals surface area contributed by atoms with Gasteiger partial charge in [0.25, 0.3) is 0 Å². The van der Waals surface area contributed by atoms with Crippen molar-refractivity contribution >= 4 is 11.8 Å². The highest BCUT2D eigenvalue weighted by Gasteiger charge is 2.29. The Labute approximate surface area is 122 Å². The topological polar surface area (TPSA) is 61.2 Å². The molecule has 1 aliphatic rings. The zero-order chi connectivity index (χ0) is 14.8. The molecule has 1 heterocycles. The Morgan fingerprint density at radius 1 is 1.48 bits per heavy atom. The molecule has 21 heavy (non-hydrogen) atoms. The predicted octanol–water partition coefficient (Wildman–Crippen LogP) is 2.43. The minimum absolute atomic E-state index is 0.0281. The molecule has 2 aromatic rings. The summed E-state index contributed by atoms with van der Waals surface area (Å²) in [4.78, 5) is 28.4. The number of imidazole rings is 1. The normalized spacial score (nSPS) is 17.4. The van der Waals surface area contributed by atoms with E-state index in [0.29, 0.717) is 17.7 Å². The SMILES string of the molecule is CCOC(=O)c1ccc2c(c1)C(=O)C(n1ccnc1)CC2. The van der Waals surface area contributed by atoms with Crippen LogP contribution in [0, 0.1) is 0 Å². The lowest BCUT2D eigenvalue weighted by Gasteiger charge is -2.24. The van der Waals surface area contributed by atoms with Crippen molar-refractivity contribution in [1.29, 1.82) is 0 Å². The average Bonchev–Trinajstić information content (AvgIpc) is 3.02. The number of hydrogen-bond acceptors (Lipinski definition) is 4. The molecule has 1 aromatic carbocycles. The van der Waals surface area contributed by atoms with Crippen molar-refractivity contribution in [2.24, 2.45) is 0 Å². The second-order valence-electron chi connectivity index (χ2n) is 5.02. The first-order chi connectivity index (χ1) is 10.2. The molecule has 5 heteroatoms. The molecule has 0 spiro atoms. The first-order valence-electron chi connectivity index (χ1n) is 7.02. The van der Waals surface area contributed by atoms with Gasteiger partial charge in [-0.05, 0) is 37.5 Å². The van der Waals surface area contributed by atoms with Gasteiger partial charge in [0, 0.05) is 18.0 Å². The number of rotatable bonds is 3. The van der Waals surface area contributed by atoms with Crippen molar-refractivity contribution in [1.82, 2.24) is 9.55 Å². The Balaban J connectivity index is 1.94. The van der Waals surface area contributed by atoms with Gasteiger partial charge in [0.1, 0.15) is 0 Å². The number of aryl methyl sites for hydroxylation is 1. The van der Waals surface area contributed by atoms with E-state index in [1.807, 2.05) is 10.6 Å². The van der Waals surface area contributed by atoms with Crippen molar-refractivity contribution in [3.63, 3.8) is 0 Å². The molecule has 1 atom stereocenters. The summed E-state index contributed by atoms with van der Waals surface area (Å²) < 4.78 is 6.81. The second-order valence-corrected chi connectivity index (χ2v) is 5.02. The van der Waals surface area contributed by atoms with Crippen molar-refractivity contribution in [2.45, 2.75) is 25.8 Å². The molecule has 108 valence electrons. The lowest BCUT2D eigenvalue weighted by molar-refractivity contribution is 0.0526. The number of nitrogens with zero attached hydrogens (tertiary/aromatic N) is 2. The molecule has 0 saturated heterocycles. The molecule has 1 aromatic heterocycles. The molecule has 0 amide bonds. The Bertz CT molecular complexity index is 677. The lowest BCUT2D eigenvalue weighted by atomic mass is 9.86. The Morgan fingerprint density at radius 3 is 3.05 bits per heavy atom. The standard InChI is InChI=1S/C16H16N2O3/c1-2-21-16(20)12-4-3-11-5-6-14(15(19)13(11)9-12)18-8-7-17-10-18/h3-4,7-10,14H,2,5-6H2,1H3. The maximum absolute atomic E-state index is 12.6. The van der Waals surface area contributed by atoms with Gasteiger partial charge in [-0.3, -0.25) is 4.79 Å². The molecular formula is C16H16N2O3. The molecule has 0 N–H and O–H groups in total. The molecule has 5 nitrogen and oxygen atoms in total. The third-order valence-corrected chi connectivity index (χ3v) is 3.76. The van der Waals surface area contributed by atoms with Crippen LogP contribution >= 0.6 is 0 Å². The van der Waals surface area contributed by atoms with Crippen LogP contribution in [0.4, 0.5) is 0 Å². The van der Waals surface area contributed by atoms with Gasteiger partial charge in [-0.1, -0.05) is 6.07 Å². The van der Waals surface area contributed by atoms with Crippen molar-refractivity contribution < 1.29 is 14.3 Å². The molecule has 0 saturated carbocycles. The zero-order valence-electron chi connectivity index (χ0n) is 11.8. The number of hydrogen-bond donors (Lipinski definition) is 0. The molecular weight excluding hydrogens is 268 g/mol. The van der Waals surface area contributed by atoms with Gasteiger partial charge in [0.15, 0.2) is 5.78 Å². The van der Waals surface area contributed by atoms with E-state index in [1.165, 1.54) is 0 Å². The van der Waals surface area contributed by atoms with Crippen molar-refractivity contribution in [2.75, 3.05) is 6.61 Å². The number of esters is 1. The molecule has 0 bridgehead atoms. The van der Waals surface area contributed by atoms with Crippen LogP contribution in [0.2, 0.25) is 0 Å². The number of carbonyl (C=O) groups excluding carboxylic acids is 2. The number of aromatic nitrogens is 2. The quantitative estimate of drug-likeness (QED) is 0.812. The van der Waals surface area contributed by atoms with Crippen LogP contribution in [0.15, 0.2) is 36.9 Å². The van der Waals surface area contributed by atoms with Crippen LogP contribution < -0.4 is 0 Å². The summed E-state index contributed by atoms with van der Waals surface area (Å²) in [7, 11) is 0. The van der Waals surface area contributed by atoms with Gasteiger partial charge in [-0.25, -0.2) is 9.78 Å². The monoisotopic (exact) mass is 284 g/mol. The number of fused-ring (bicyclic) bond motifs is 1. The van der Waals surface area contributed by atoms with Gasteiger partial charge in [0.05, 0.1) is 24.5 Å².